The van der Waals surface area contributed by atoms with Crippen molar-refractivity contribution in [3.05, 3.63) is 155 Å². The predicted molar refractivity (Wildman–Crippen MR) is 192 cm³/mol. The van der Waals surface area contributed by atoms with E-state index < -0.39 is 0 Å². The highest BCUT2D eigenvalue weighted by atomic mass is 32.2. The quantitative estimate of drug-likeness (QED) is 0.194. The van der Waals surface area contributed by atoms with Crippen LogP contribution in [0.5, 0.6) is 0 Å². The van der Waals surface area contributed by atoms with Crippen LogP contribution in [-0.2, 0) is 10.8 Å². The molecule has 0 unspecified atom stereocenters. The average molecular weight is 599 g/mol. The summed E-state index contributed by atoms with van der Waals surface area (Å²) < 4.78 is 0. The van der Waals surface area contributed by atoms with Crippen LogP contribution in [0.4, 0.5) is 0 Å². The molecule has 6 aromatic rings. The monoisotopic (exact) mass is 598 g/mol. The molecule has 0 nitrogen and oxygen atoms in total. The molecule has 6 aromatic carbocycles. The first-order valence-electron chi connectivity index (χ1n) is 16.0. The largest absolute Gasteiger partial charge is 0.0901 e. The second kappa shape index (κ2) is 10.1. The normalized spacial score (nSPS) is 14.9. The van der Waals surface area contributed by atoms with Crippen LogP contribution in [0.2, 0.25) is 0 Å². The van der Waals surface area contributed by atoms with Crippen molar-refractivity contribution in [2.24, 2.45) is 0 Å². The summed E-state index contributed by atoms with van der Waals surface area (Å²) in [5, 5.41) is 0. The SMILES string of the molecule is Cc1c(-c2ccc(Sc3ccc4c(c3)C(C)(C)c3ccccc3-4)cc2)cccc1-c1ccc2c(c1C)-c1ccccc1C2(C)C. The Balaban J connectivity index is 1.10. The van der Waals surface area contributed by atoms with Gasteiger partial charge in [0.05, 0.1) is 0 Å². The van der Waals surface area contributed by atoms with E-state index in [1.807, 2.05) is 11.8 Å². The minimum absolute atomic E-state index is 0.0195. The molecule has 0 radical (unpaired) electrons. The Morgan fingerprint density at radius 2 is 0.933 bits per heavy atom. The molecule has 0 saturated carbocycles. The zero-order valence-electron chi connectivity index (χ0n) is 27.0. The second-order valence-electron chi connectivity index (χ2n) is 13.8. The third-order valence-corrected chi connectivity index (χ3v) is 11.6. The summed E-state index contributed by atoms with van der Waals surface area (Å²) in [6, 6.07) is 45.4. The van der Waals surface area contributed by atoms with Gasteiger partial charge >= 0.3 is 0 Å². The molecule has 0 heterocycles. The first kappa shape index (κ1) is 28.2. The lowest BCUT2D eigenvalue weighted by Crippen LogP contribution is -2.14. The summed E-state index contributed by atoms with van der Waals surface area (Å²) in [5.41, 5.74) is 19.2. The van der Waals surface area contributed by atoms with E-state index in [0.717, 1.165) is 0 Å². The van der Waals surface area contributed by atoms with E-state index in [1.165, 1.54) is 87.7 Å². The van der Waals surface area contributed by atoms with Crippen molar-refractivity contribution >= 4 is 11.8 Å². The summed E-state index contributed by atoms with van der Waals surface area (Å²) in [6.45, 7) is 14.0. The van der Waals surface area contributed by atoms with Gasteiger partial charge in [0.2, 0.25) is 0 Å². The van der Waals surface area contributed by atoms with Gasteiger partial charge in [-0.2, -0.15) is 0 Å². The molecule has 0 aromatic heterocycles. The fourth-order valence-corrected chi connectivity index (χ4v) is 8.95. The molecule has 0 saturated heterocycles. The fraction of sp³-hybridized carbons (Fsp3) is 0.182. The van der Waals surface area contributed by atoms with E-state index in [4.69, 9.17) is 0 Å². The van der Waals surface area contributed by atoms with Crippen LogP contribution in [0.15, 0.2) is 131 Å². The molecule has 45 heavy (non-hydrogen) atoms. The van der Waals surface area contributed by atoms with Gasteiger partial charge in [-0.25, -0.2) is 0 Å². The number of hydrogen-bond acceptors (Lipinski definition) is 1. The molecule has 8 rings (SSSR count). The van der Waals surface area contributed by atoms with Crippen LogP contribution < -0.4 is 0 Å². The summed E-state index contributed by atoms with van der Waals surface area (Å²) >= 11 is 1.85. The van der Waals surface area contributed by atoms with E-state index in [-0.39, 0.29) is 10.8 Å². The summed E-state index contributed by atoms with van der Waals surface area (Å²) in [7, 11) is 0. The minimum atomic E-state index is 0.0195. The topological polar surface area (TPSA) is 0 Å². The molecule has 0 aliphatic heterocycles. The van der Waals surface area contributed by atoms with Crippen molar-refractivity contribution < 1.29 is 0 Å². The van der Waals surface area contributed by atoms with Crippen molar-refractivity contribution in [1.82, 2.24) is 0 Å². The Hall–Kier alpha value is -4.33. The van der Waals surface area contributed by atoms with Crippen molar-refractivity contribution in [3.8, 4) is 44.5 Å². The molecule has 0 fully saturated rings. The van der Waals surface area contributed by atoms with Gasteiger partial charge in [-0.15, -0.1) is 0 Å². The molecule has 0 bridgehead atoms. The van der Waals surface area contributed by atoms with Crippen LogP contribution in [0.1, 0.15) is 61.1 Å². The van der Waals surface area contributed by atoms with Crippen LogP contribution in [0.25, 0.3) is 44.5 Å². The van der Waals surface area contributed by atoms with Gasteiger partial charge in [0.1, 0.15) is 0 Å². The molecule has 220 valence electrons. The standard InChI is InChI=1S/C44H38S/c1-27-32(14-11-15-33(27)34-24-25-40-42(28(34)2)37-13-8-10-17-39(37)43(40,3)4)29-18-20-30(21-19-29)45-31-22-23-36-35-12-7-9-16-38(35)44(5,6)41(36)26-31/h7-26H,1-6H3. The molecule has 0 spiro atoms. The Bertz CT molecular complexity index is 2140. The first-order valence-corrected chi connectivity index (χ1v) is 16.8. The lowest BCUT2D eigenvalue weighted by atomic mass is 9.81. The highest BCUT2D eigenvalue weighted by Crippen LogP contribution is 2.52. The fourth-order valence-electron chi connectivity index (χ4n) is 8.09. The maximum Gasteiger partial charge on any atom is 0.0159 e. The highest BCUT2D eigenvalue weighted by molar-refractivity contribution is 7.99. The van der Waals surface area contributed by atoms with Crippen molar-refractivity contribution in [2.75, 3.05) is 0 Å². The third kappa shape index (κ3) is 4.21. The highest BCUT2D eigenvalue weighted by Gasteiger charge is 2.37. The zero-order chi connectivity index (χ0) is 31.1. The molecular weight excluding hydrogens is 561 g/mol. The predicted octanol–water partition coefficient (Wildman–Crippen LogP) is 12.4. The van der Waals surface area contributed by atoms with Crippen LogP contribution >= 0.6 is 11.8 Å². The van der Waals surface area contributed by atoms with Gasteiger partial charge in [-0.05, 0) is 116 Å². The van der Waals surface area contributed by atoms with Crippen molar-refractivity contribution in [2.45, 2.75) is 62.2 Å². The van der Waals surface area contributed by atoms with Crippen LogP contribution in [0.3, 0.4) is 0 Å². The first-order chi connectivity index (χ1) is 21.7. The number of fused-ring (bicyclic) bond motifs is 6. The Labute approximate surface area is 272 Å². The van der Waals surface area contributed by atoms with Gasteiger partial charge < -0.3 is 0 Å². The number of rotatable bonds is 4. The van der Waals surface area contributed by atoms with Gasteiger partial charge in [0, 0.05) is 20.6 Å². The van der Waals surface area contributed by atoms with Crippen molar-refractivity contribution in [1.29, 1.82) is 0 Å². The maximum atomic E-state index is 2.40. The number of benzene rings is 6. The van der Waals surface area contributed by atoms with Gasteiger partial charge in [-0.3, -0.25) is 0 Å². The van der Waals surface area contributed by atoms with E-state index in [9.17, 15) is 0 Å². The summed E-state index contributed by atoms with van der Waals surface area (Å²) in [4.78, 5) is 2.55. The molecule has 0 atom stereocenters. The Kier molecular flexibility index (Phi) is 6.32. The molecule has 0 N–H and O–H groups in total. The summed E-state index contributed by atoms with van der Waals surface area (Å²) in [5.74, 6) is 0. The average Bonchev–Trinajstić information content (AvgIpc) is 3.42. The van der Waals surface area contributed by atoms with E-state index in [1.54, 1.807) is 0 Å². The number of hydrogen-bond donors (Lipinski definition) is 0. The Morgan fingerprint density at radius 3 is 1.69 bits per heavy atom. The smallest absolute Gasteiger partial charge is 0.0159 e. The molecule has 2 aliphatic carbocycles. The maximum absolute atomic E-state index is 2.40. The van der Waals surface area contributed by atoms with Crippen LogP contribution in [-0.4, -0.2) is 0 Å². The van der Waals surface area contributed by atoms with E-state index >= 15 is 0 Å². The van der Waals surface area contributed by atoms with Crippen molar-refractivity contribution in [3.63, 3.8) is 0 Å². The minimum Gasteiger partial charge on any atom is -0.0901 e. The van der Waals surface area contributed by atoms with E-state index in [0.29, 0.717) is 0 Å². The third-order valence-electron chi connectivity index (χ3n) is 10.6. The molecule has 1 heteroatoms. The second-order valence-corrected chi connectivity index (χ2v) is 15.0. The van der Waals surface area contributed by atoms with Gasteiger partial charge in [0.25, 0.3) is 0 Å². The zero-order valence-corrected chi connectivity index (χ0v) is 27.8. The Morgan fingerprint density at radius 1 is 0.400 bits per heavy atom. The molecular formula is C44H38S. The van der Waals surface area contributed by atoms with E-state index in [2.05, 4.69) is 163 Å². The van der Waals surface area contributed by atoms with Crippen LogP contribution in [0, 0.1) is 13.8 Å². The molecule has 2 aliphatic rings. The summed E-state index contributed by atoms with van der Waals surface area (Å²) in [6.07, 6.45) is 0. The lowest BCUT2D eigenvalue weighted by Gasteiger charge is -2.22. The van der Waals surface area contributed by atoms with Gasteiger partial charge in [0.15, 0.2) is 0 Å². The lowest BCUT2D eigenvalue weighted by molar-refractivity contribution is 0.658. The molecule has 0 amide bonds. The van der Waals surface area contributed by atoms with Gasteiger partial charge in [-0.1, -0.05) is 137 Å².